The predicted molar refractivity (Wildman–Crippen MR) is 105 cm³/mol. The van der Waals surface area contributed by atoms with Gasteiger partial charge in [-0.15, -0.1) is 11.8 Å². The van der Waals surface area contributed by atoms with E-state index < -0.39 is 0 Å². The van der Waals surface area contributed by atoms with E-state index in [-0.39, 0.29) is 11.9 Å². The topological polar surface area (TPSA) is 32.3 Å². The summed E-state index contributed by atoms with van der Waals surface area (Å²) in [6.45, 7) is 5.18. The molecule has 25 heavy (non-hydrogen) atoms. The summed E-state index contributed by atoms with van der Waals surface area (Å²) in [5.74, 6) is 1.04. The Bertz CT molecular complexity index is 681. The number of thioether (sulfide) groups is 1. The Labute approximate surface area is 154 Å². The third-order valence-electron chi connectivity index (χ3n) is 4.60. The Morgan fingerprint density at radius 2 is 1.76 bits per heavy atom. The lowest BCUT2D eigenvalue weighted by molar-refractivity contribution is 0.0906. The second-order valence-corrected chi connectivity index (χ2v) is 7.74. The van der Waals surface area contributed by atoms with Crippen molar-refractivity contribution in [1.82, 2.24) is 10.2 Å². The molecule has 2 aromatic carbocycles. The van der Waals surface area contributed by atoms with Crippen LogP contribution in [0.1, 0.15) is 35.7 Å². The van der Waals surface area contributed by atoms with Gasteiger partial charge in [-0.1, -0.05) is 49.4 Å². The highest BCUT2D eigenvalue weighted by atomic mass is 32.2. The largest absolute Gasteiger partial charge is 0.349 e. The number of benzene rings is 2. The van der Waals surface area contributed by atoms with E-state index in [1.54, 1.807) is 11.8 Å². The number of carbonyl (C=O) groups excluding carboxylic acids is 1. The zero-order chi connectivity index (χ0) is 17.5. The number of hydrogen-bond acceptors (Lipinski definition) is 3. The molecule has 4 heteroatoms. The van der Waals surface area contributed by atoms with Crippen molar-refractivity contribution in [2.24, 2.45) is 0 Å². The SMILES string of the molecule is CCSc1ccccc1C(=O)NC1CCN(Cc2ccccc2)CC1. The molecular weight excluding hydrogens is 328 g/mol. The molecule has 0 unspecified atom stereocenters. The van der Waals surface area contributed by atoms with Gasteiger partial charge < -0.3 is 5.32 Å². The number of nitrogens with zero attached hydrogens (tertiary/aromatic N) is 1. The zero-order valence-electron chi connectivity index (χ0n) is 14.8. The summed E-state index contributed by atoms with van der Waals surface area (Å²) in [7, 11) is 0. The van der Waals surface area contributed by atoms with Gasteiger partial charge in [0, 0.05) is 30.6 Å². The lowest BCUT2D eigenvalue weighted by Crippen LogP contribution is -2.44. The number of hydrogen-bond donors (Lipinski definition) is 1. The first kappa shape index (κ1) is 18.0. The smallest absolute Gasteiger partial charge is 0.252 e. The molecule has 132 valence electrons. The van der Waals surface area contributed by atoms with Crippen LogP contribution in [0.2, 0.25) is 0 Å². The molecule has 1 N–H and O–H groups in total. The van der Waals surface area contributed by atoms with Crippen LogP contribution in [0.3, 0.4) is 0 Å². The highest BCUT2D eigenvalue weighted by molar-refractivity contribution is 7.99. The lowest BCUT2D eigenvalue weighted by atomic mass is 10.0. The van der Waals surface area contributed by atoms with Crippen molar-refractivity contribution in [1.29, 1.82) is 0 Å². The summed E-state index contributed by atoms with van der Waals surface area (Å²) in [6.07, 6.45) is 2.03. The molecule has 1 aliphatic rings. The molecule has 0 bridgehead atoms. The van der Waals surface area contributed by atoms with Crippen LogP contribution < -0.4 is 5.32 Å². The van der Waals surface area contributed by atoms with Crippen molar-refractivity contribution in [2.75, 3.05) is 18.8 Å². The van der Waals surface area contributed by atoms with Crippen LogP contribution in [0.4, 0.5) is 0 Å². The molecule has 0 spiro atoms. The Hall–Kier alpha value is -1.78. The first-order chi connectivity index (χ1) is 12.3. The van der Waals surface area contributed by atoms with Crippen LogP contribution in [0.25, 0.3) is 0 Å². The maximum Gasteiger partial charge on any atom is 0.252 e. The maximum atomic E-state index is 12.6. The minimum absolute atomic E-state index is 0.0676. The van der Waals surface area contributed by atoms with Crippen molar-refractivity contribution in [3.05, 3.63) is 65.7 Å². The quantitative estimate of drug-likeness (QED) is 0.790. The zero-order valence-corrected chi connectivity index (χ0v) is 15.6. The van der Waals surface area contributed by atoms with Crippen molar-refractivity contribution in [3.63, 3.8) is 0 Å². The highest BCUT2D eigenvalue weighted by Gasteiger charge is 2.22. The first-order valence-corrected chi connectivity index (χ1v) is 10.0. The van der Waals surface area contributed by atoms with Gasteiger partial charge in [-0.05, 0) is 36.3 Å². The molecule has 3 rings (SSSR count). The molecule has 1 aliphatic heterocycles. The van der Waals surface area contributed by atoms with E-state index in [9.17, 15) is 4.79 Å². The summed E-state index contributed by atoms with van der Waals surface area (Å²) < 4.78 is 0. The molecule has 2 aromatic rings. The summed E-state index contributed by atoms with van der Waals surface area (Å²) in [4.78, 5) is 16.2. The number of likely N-dealkylation sites (tertiary alicyclic amines) is 1. The van der Waals surface area contributed by atoms with E-state index in [0.717, 1.165) is 48.7 Å². The molecular formula is C21H26N2OS. The van der Waals surface area contributed by atoms with Gasteiger partial charge in [0.15, 0.2) is 0 Å². The molecule has 0 aromatic heterocycles. The minimum Gasteiger partial charge on any atom is -0.349 e. The average molecular weight is 355 g/mol. The van der Waals surface area contributed by atoms with E-state index in [0.29, 0.717) is 0 Å². The second-order valence-electron chi connectivity index (χ2n) is 6.44. The second kappa shape index (κ2) is 9.07. The van der Waals surface area contributed by atoms with Crippen LogP contribution in [-0.2, 0) is 6.54 Å². The first-order valence-electron chi connectivity index (χ1n) is 9.05. The highest BCUT2D eigenvalue weighted by Crippen LogP contribution is 2.23. The van der Waals surface area contributed by atoms with Gasteiger partial charge in [-0.2, -0.15) is 0 Å². The molecule has 3 nitrogen and oxygen atoms in total. The third kappa shape index (κ3) is 5.10. The van der Waals surface area contributed by atoms with Gasteiger partial charge in [-0.3, -0.25) is 9.69 Å². The van der Waals surface area contributed by atoms with Gasteiger partial charge in [0.05, 0.1) is 5.56 Å². The van der Waals surface area contributed by atoms with Crippen LogP contribution in [0, 0.1) is 0 Å². The fourth-order valence-electron chi connectivity index (χ4n) is 3.28. The van der Waals surface area contributed by atoms with E-state index in [1.165, 1.54) is 5.56 Å². The maximum absolute atomic E-state index is 12.6. The molecule has 0 atom stereocenters. The molecule has 0 saturated carbocycles. The molecule has 1 fully saturated rings. The fourth-order valence-corrected chi connectivity index (χ4v) is 4.08. The normalized spacial score (nSPS) is 15.9. The predicted octanol–water partition coefficient (Wildman–Crippen LogP) is 4.19. The van der Waals surface area contributed by atoms with Crippen molar-refractivity contribution in [3.8, 4) is 0 Å². The monoisotopic (exact) mass is 354 g/mol. The van der Waals surface area contributed by atoms with Crippen molar-refractivity contribution < 1.29 is 4.79 Å². The van der Waals surface area contributed by atoms with Crippen LogP contribution >= 0.6 is 11.8 Å². The van der Waals surface area contributed by atoms with Gasteiger partial charge in [0.1, 0.15) is 0 Å². The molecule has 1 saturated heterocycles. The van der Waals surface area contributed by atoms with E-state index >= 15 is 0 Å². The fraction of sp³-hybridized carbons (Fsp3) is 0.381. The Balaban J connectivity index is 1.51. The van der Waals surface area contributed by atoms with E-state index in [4.69, 9.17) is 0 Å². The average Bonchev–Trinajstić information content (AvgIpc) is 2.65. The standard InChI is InChI=1S/C21H26N2OS/c1-2-25-20-11-7-6-10-19(20)21(24)22-18-12-14-23(15-13-18)16-17-8-4-3-5-9-17/h3-11,18H,2,12-16H2,1H3,(H,22,24). The van der Waals surface area contributed by atoms with Crippen molar-refractivity contribution in [2.45, 2.75) is 37.2 Å². The molecule has 0 aliphatic carbocycles. The summed E-state index contributed by atoms with van der Waals surface area (Å²) in [5, 5.41) is 3.24. The Morgan fingerprint density at radius 1 is 1.08 bits per heavy atom. The third-order valence-corrected chi connectivity index (χ3v) is 5.56. The van der Waals surface area contributed by atoms with E-state index in [1.807, 2.05) is 24.3 Å². The number of carbonyl (C=O) groups is 1. The number of piperidine rings is 1. The summed E-state index contributed by atoms with van der Waals surface area (Å²) >= 11 is 1.72. The summed E-state index contributed by atoms with van der Waals surface area (Å²) in [6, 6.07) is 18.8. The van der Waals surface area contributed by atoms with Crippen LogP contribution in [-0.4, -0.2) is 35.7 Å². The minimum atomic E-state index is 0.0676. The van der Waals surface area contributed by atoms with E-state index in [2.05, 4.69) is 47.5 Å². The van der Waals surface area contributed by atoms with Crippen molar-refractivity contribution >= 4 is 17.7 Å². The molecule has 0 radical (unpaired) electrons. The van der Waals surface area contributed by atoms with Crippen LogP contribution in [0.15, 0.2) is 59.5 Å². The lowest BCUT2D eigenvalue weighted by Gasteiger charge is -2.32. The number of nitrogens with one attached hydrogen (secondary N) is 1. The Kier molecular flexibility index (Phi) is 6.54. The molecule has 1 heterocycles. The van der Waals surface area contributed by atoms with Gasteiger partial charge in [0.25, 0.3) is 5.91 Å². The van der Waals surface area contributed by atoms with Gasteiger partial charge >= 0.3 is 0 Å². The Morgan fingerprint density at radius 3 is 2.48 bits per heavy atom. The van der Waals surface area contributed by atoms with Crippen LogP contribution in [0.5, 0.6) is 0 Å². The van der Waals surface area contributed by atoms with Gasteiger partial charge in [-0.25, -0.2) is 0 Å². The van der Waals surface area contributed by atoms with Gasteiger partial charge in [0.2, 0.25) is 0 Å². The molecule has 1 amide bonds. The number of rotatable bonds is 6. The summed E-state index contributed by atoms with van der Waals surface area (Å²) in [5.41, 5.74) is 2.16. The number of amides is 1.